The molecule has 1 fully saturated rings. The Balaban J connectivity index is 1.65. The van der Waals surface area contributed by atoms with Crippen molar-refractivity contribution in [1.29, 1.82) is 0 Å². The number of sulfonamides is 1. The Labute approximate surface area is 156 Å². The number of carbonyl (C=O) groups excluding carboxylic acids is 1. The number of amides is 1. The average molecular weight is 398 g/mol. The van der Waals surface area contributed by atoms with Crippen LogP contribution in [0.25, 0.3) is 0 Å². The Morgan fingerprint density at radius 2 is 1.96 bits per heavy atom. The number of rotatable bonds is 4. The van der Waals surface area contributed by atoms with Gasteiger partial charge in [-0.2, -0.15) is 4.31 Å². The second-order valence-corrected chi connectivity index (χ2v) is 8.26. The van der Waals surface area contributed by atoms with E-state index in [-0.39, 0.29) is 30.1 Å². The number of aromatic nitrogens is 1. The number of benzene rings is 1. The van der Waals surface area contributed by atoms with Crippen LogP contribution in [-0.2, 0) is 10.0 Å². The largest absolute Gasteiger partial charge is 0.349 e. The molecule has 26 heavy (non-hydrogen) atoms. The maximum absolute atomic E-state index is 14.1. The topological polar surface area (TPSA) is 79.4 Å². The van der Waals surface area contributed by atoms with Gasteiger partial charge in [0.25, 0.3) is 5.91 Å². The molecule has 1 saturated heterocycles. The third-order valence-electron chi connectivity index (χ3n) is 4.25. The lowest BCUT2D eigenvalue weighted by Crippen LogP contribution is -2.46. The summed E-state index contributed by atoms with van der Waals surface area (Å²) in [6, 6.07) is 7.08. The van der Waals surface area contributed by atoms with Gasteiger partial charge in [0.15, 0.2) is 5.82 Å². The number of pyridine rings is 1. The molecule has 1 aromatic heterocycles. The SMILES string of the molecule is O=C(NC1CCN(S(=O)(=O)c2cccc(Cl)c2F)CC1)c1cccnc1. The molecule has 0 spiro atoms. The Morgan fingerprint density at radius 3 is 2.62 bits per heavy atom. The molecule has 2 heterocycles. The molecule has 1 amide bonds. The highest BCUT2D eigenvalue weighted by Gasteiger charge is 2.32. The molecule has 6 nitrogen and oxygen atoms in total. The van der Waals surface area contributed by atoms with Crippen LogP contribution in [0.15, 0.2) is 47.6 Å². The molecular formula is C17H17ClFN3O3S. The van der Waals surface area contributed by atoms with E-state index in [1.165, 1.54) is 28.7 Å². The fourth-order valence-electron chi connectivity index (χ4n) is 2.83. The molecule has 1 aliphatic heterocycles. The lowest BCUT2D eigenvalue weighted by molar-refractivity contribution is 0.0923. The predicted molar refractivity (Wildman–Crippen MR) is 94.9 cm³/mol. The van der Waals surface area contributed by atoms with Gasteiger partial charge in [0.2, 0.25) is 10.0 Å². The van der Waals surface area contributed by atoms with Gasteiger partial charge in [0.05, 0.1) is 10.6 Å². The van der Waals surface area contributed by atoms with E-state index in [4.69, 9.17) is 11.6 Å². The highest BCUT2D eigenvalue weighted by atomic mass is 35.5. The first-order valence-electron chi connectivity index (χ1n) is 8.04. The van der Waals surface area contributed by atoms with Gasteiger partial charge in [-0.15, -0.1) is 0 Å². The van der Waals surface area contributed by atoms with Gasteiger partial charge in [0, 0.05) is 31.5 Å². The van der Waals surface area contributed by atoms with Crippen LogP contribution < -0.4 is 5.32 Å². The van der Waals surface area contributed by atoms with Crippen LogP contribution in [0.1, 0.15) is 23.2 Å². The van der Waals surface area contributed by atoms with Crippen molar-refractivity contribution in [2.45, 2.75) is 23.8 Å². The monoisotopic (exact) mass is 397 g/mol. The molecule has 0 atom stereocenters. The summed E-state index contributed by atoms with van der Waals surface area (Å²) < 4.78 is 40.6. The second kappa shape index (κ2) is 7.69. The van der Waals surface area contributed by atoms with E-state index >= 15 is 0 Å². The number of carbonyl (C=O) groups is 1. The van der Waals surface area contributed by atoms with Crippen LogP contribution in [0, 0.1) is 5.82 Å². The molecule has 1 aromatic carbocycles. The summed E-state index contributed by atoms with van der Waals surface area (Å²) >= 11 is 5.69. The zero-order valence-corrected chi connectivity index (χ0v) is 15.3. The zero-order chi connectivity index (χ0) is 18.7. The minimum absolute atomic E-state index is 0.154. The Morgan fingerprint density at radius 1 is 1.23 bits per heavy atom. The quantitative estimate of drug-likeness (QED) is 0.859. The lowest BCUT2D eigenvalue weighted by atomic mass is 10.1. The molecule has 9 heteroatoms. The van der Waals surface area contributed by atoms with Gasteiger partial charge < -0.3 is 5.32 Å². The van der Waals surface area contributed by atoms with E-state index in [1.54, 1.807) is 18.3 Å². The number of piperidine rings is 1. The van der Waals surface area contributed by atoms with E-state index in [2.05, 4.69) is 10.3 Å². The van der Waals surface area contributed by atoms with Gasteiger partial charge >= 0.3 is 0 Å². The third kappa shape index (κ3) is 3.87. The van der Waals surface area contributed by atoms with Crippen LogP contribution >= 0.6 is 11.6 Å². The molecule has 0 radical (unpaired) electrons. The van der Waals surface area contributed by atoms with Crippen LogP contribution in [0.3, 0.4) is 0 Å². The molecule has 1 N–H and O–H groups in total. The summed E-state index contributed by atoms with van der Waals surface area (Å²) in [5, 5.41) is 2.64. The van der Waals surface area contributed by atoms with Crippen molar-refractivity contribution in [2.24, 2.45) is 0 Å². The normalized spacial score (nSPS) is 16.4. The Hall–Kier alpha value is -2.03. The first-order valence-corrected chi connectivity index (χ1v) is 9.86. The van der Waals surface area contributed by atoms with Crippen LogP contribution in [0.4, 0.5) is 4.39 Å². The Kier molecular flexibility index (Phi) is 5.55. The first kappa shape index (κ1) is 18.8. The minimum atomic E-state index is -3.97. The summed E-state index contributed by atoms with van der Waals surface area (Å²) in [7, 11) is -3.97. The Bertz CT molecular complexity index is 901. The smallest absolute Gasteiger partial charge is 0.253 e. The van der Waals surface area contributed by atoms with Crippen molar-refractivity contribution in [3.05, 3.63) is 59.1 Å². The number of nitrogens with one attached hydrogen (secondary N) is 1. The van der Waals surface area contributed by atoms with Crippen molar-refractivity contribution in [2.75, 3.05) is 13.1 Å². The number of halogens is 2. The van der Waals surface area contributed by atoms with Gasteiger partial charge in [-0.1, -0.05) is 17.7 Å². The van der Waals surface area contributed by atoms with Crippen molar-refractivity contribution in [3.8, 4) is 0 Å². The number of nitrogens with zero attached hydrogens (tertiary/aromatic N) is 2. The standard InChI is InChI=1S/C17H17ClFN3O3S/c18-14-4-1-5-15(16(14)19)26(24,25)22-9-6-13(7-10-22)21-17(23)12-3-2-8-20-11-12/h1-5,8,11,13H,6-7,9-10H2,(H,21,23). The predicted octanol–water partition coefficient (Wildman–Crippen LogP) is 2.46. The molecule has 138 valence electrons. The van der Waals surface area contributed by atoms with Gasteiger partial charge in [-0.25, -0.2) is 12.8 Å². The van der Waals surface area contributed by atoms with E-state index in [1.807, 2.05) is 0 Å². The van der Waals surface area contributed by atoms with Crippen LogP contribution in [-0.4, -0.2) is 42.7 Å². The highest BCUT2D eigenvalue weighted by molar-refractivity contribution is 7.89. The molecule has 0 unspecified atom stereocenters. The first-order chi connectivity index (χ1) is 12.4. The summed E-state index contributed by atoms with van der Waals surface area (Å²) in [4.78, 5) is 15.6. The summed E-state index contributed by atoms with van der Waals surface area (Å²) in [6.07, 6.45) is 3.92. The van der Waals surface area contributed by atoms with Gasteiger partial charge in [-0.05, 0) is 37.1 Å². The third-order valence-corrected chi connectivity index (χ3v) is 6.45. The van der Waals surface area contributed by atoms with Crippen molar-refractivity contribution in [3.63, 3.8) is 0 Å². The van der Waals surface area contributed by atoms with E-state index in [9.17, 15) is 17.6 Å². The minimum Gasteiger partial charge on any atom is -0.349 e. The molecule has 0 bridgehead atoms. The van der Waals surface area contributed by atoms with E-state index < -0.39 is 20.7 Å². The fraction of sp³-hybridized carbons (Fsp3) is 0.294. The maximum atomic E-state index is 14.1. The van der Waals surface area contributed by atoms with Crippen molar-refractivity contribution >= 4 is 27.5 Å². The average Bonchev–Trinajstić information content (AvgIpc) is 2.65. The van der Waals surface area contributed by atoms with Crippen molar-refractivity contribution in [1.82, 2.24) is 14.6 Å². The molecule has 3 rings (SSSR count). The zero-order valence-electron chi connectivity index (χ0n) is 13.7. The summed E-state index contributed by atoms with van der Waals surface area (Å²) in [5.74, 6) is -1.19. The summed E-state index contributed by atoms with van der Waals surface area (Å²) in [6.45, 7) is 0.374. The molecular weight excluding hydrogens is 381 g/mol. The molecule has 0 saturated carbocycles. The number of hydrogen-bond donors (Lipinski definition) is 1. The molecule has 2 aromatic rings. The molecule has 0 aliphatic carbocycles. The fourth-order valence-corrected chi connectivity index (χ4v) is 4.62. The highest BCUT2D eigenvalue weighted by Crippen LogP contribution is 2.26. The van der Waals surface area contributed by atoms with E-state index in [0.29, 0.717) is 18.4 Å². The van der Waals surface area contributed by atoms with Crippen molar-refractivity contribution < 1.29 is 17.6 Å². The van der Waals surface area contributed by atoms with Gasteiger partial charge in [-0.3, -0.25) is 9.78 Å². The van der Waals surface area contributed by atoms with Crippen LogP contribution in [0.2, 0.25) is 5.02 Å². The maximum Gasteiger partial charge on any atom is 0.253 e. The summed E-state index contributed by atoms with van der Waals surface area (Å²) in [5.41, 5.74) is 0.448. The van der Waals surface area contributed by atoms with E-state index in [0.717, 1.165) is 0 Å². The number of hydrogen-bond acceptors (Lipinski definition) is 4. The lowest BCUT2D eigenvalue weighted by Gasteiger charge is -2.31. The molecule has 1 aliphatic rings. The van der Waals surface area contributed by atoms with Crippen LogP contribution in [0.5, 0.6) is 0 Å². The second-order valence-electron chi connectivity index (χ2n) is 5.95. The van der Waals surface area contributed by atoms with Gasteiger partial charge in [0.1, 0.15) is 4.90 Å².